The molecule has 1 aromatic heterocycles. The van der Waals surface area contributed by atoms with Crippen molar-refractivity contribution in [2.75, 3.05) is 11.3 Å². The van der Waals surface area contributed by atoms with Crippen molar-refractivity contribution < 1.29 is 54.2 Å². The Bertz CT molecular complexity index is 1760. The minimum Gasteiger partial charge on any atom is -0.406 e. The second-order valence-corrected chi connectivity index (χ2v) is 10.5. The Morgan fingerprint density at radius 1 is 1.04 bits per heavy atom. The van der Waals surface area contributed by atoms with E-state index in [1.807, 2.05) is 0 Å². The van der Waals surface area contributed by atoms with Gasteiger partial charge < -0.3 is 15.0 Å². The molecule has 0 aliphatic heterocycles. The lowest BCUT2D eigenvalue weighted by Crippen LogP contribution is -2.31. The maximum Gasteiger partial charge on any atom is 0.573 e. The Balaban J connectivity index is 1.91. The molecule has 4 aromatic rings. The van der Waals surface area contributed by atoms with Gasteiger partial charge in [0.15, 0.2) is 5.69 Å². The third-order valence-corrected chi connectivity index (χ3v) is 7.23. The monoisotopic (exact) mass is 663 g/mol. The van der Waals surface area contributed by atoms with E-state index in [9.17, 15) is 30.6 Å². The van der Waals surface area contributed by atoms with Crippen LogP contribution in [0.4, 0.5) is 40.8 Å². The lowest BCUT2D eigenvalue weighted by molar-refractivity contribution is -0.274. The summed E-state index contributed by atoms with van der Waals surface area (Å²) in [5, 5.41) is 9.56. The van der Waals surface area contributed by atoms with Crippen LogP contribution in [0.15, 0.2) is 72.2 Å². The summed E-state index contributed by atoms with van der Waals surface area (Å²) in [6, 6.07) is 8.32. The first-order valence-electron chi connectivity index (χ1n) is 12.2. The van der Waals surface area contributed by atoms with Crippen LogP contribution in [0.2, 0.25) is 0 Å². The highest BCUT2D eigenvalue weighted by atomic mass is 32.2. The van der Waals surface area contributed by atoms with Gasteiger partial charge in [0.2, 0.25) is 0 Å². The third-order valence-electron chi connectivity index (χ3n) is 6.24. The summed E-state index contributed by atoms with van der Waals surface area (Å²) >= 11 is 0. The van der Waals surface area contributed by atoms with Crippen LogP contribution < -0.4 is 21.3 Å². The van der Waals surface area contributed by atoms with E-state index in [0.717, 1.165) is 53.7 Å². The number of hydrogen-bond donors (Lipinski definition) is 3. The van der Waals surface area contributed by atoms with E-state index >= 15 is 8.78 Å². The van der Waals surface area contributed by atoms with Crippen LogP contribution in [0.3, 0.4) is 0 Å². The van der Waals surface area contributed by atoms with E-state index in [-0.39, 0.29) is 38.5 Å². The van der Waals surface area contributed by atoms with Gasteiger partial charge in [0, 0.05) is 34.7 Å². The molecule has 0 aliphatic rings. The summed E-state index contributed by atoms with van der Waals surface area (Å²) in [6.07, 6.45) is -6.58. The van der Waals surface area contributed by atoms with Gasteiger partial charge in [0.05, 0.1) is 22.2 Å². The van der Waals surface area contributed by atoms with E-state index in [2.05, 4.69) is 14.6 Å². The van der Waals surface area contributed by atoms with Gasteiger partial charge in [-0.1, -0.05) is 0 Å². The van der Waals surface area contributed by atoms with Crippen molar-refractivity contribution in [3.8, 4) is 22.6 Å². The highest BCUT2D eigenvalue weighted by Crippen LogP contribution is 2.38. The molecule has 5 N–H and O–H groups in total. The second-order valence-electron chi connectivity index (χ2n) is 9.15. The van der Waals surface area contributed by atoms with Crippen LogP contribution in [0.5, 0.6) is 5.75 Å². The number of hydrazine groups is 1. The average Bonchev–Trinajstić information content (AvgIpc) is 3.44. The number of hydrogen-bond acceptors (Lipinski definition) is 8. The zero-order valence-corrected chi connectivity index (χ0v) is 23.5. The maximum absolute atomic E-state index is 15.9. The molecule has 0 saturated carbocycles. The highest BCUT2D eigenvalue weighted by molar-refractivity contribution is 7.84. The molecular formula is C27H21F8N5O4S. The number of ether oxygens (including phenoxy) is 1. The molecule has 0 amide bonds. The Labute approximate surface area is 251 Å². The normalized spacial score (nSPS) is 13.2. The van der Waals surface area contributed by atoms with E-state index in [4.69, 9.17) is 16.8 Å². The van der Waals surface area contributed by atoms with E-state index in [1.54, 1.807) is 0 Å². The van der Waals surface area contributed by atoms with E-state index in [1.165, 1.54) is 12.3 Å². The van der Waals surface area contributed by atoms with Crippen molar-refractivity contribution in [3.63, 3.8) is 0 Å². The summed E-state index contributed by atoms with van der Waals surface area (Å²) < 4.78 is 126. The maximum atomic E-state index is 15.9. The fourth-order valence-electron chi connectivity index (χ4n) is 4.29. The van der Waals surface area contributed by atoms with Crippen LogP contribution in [-0.2, 0) is 28.5 Å². The molecule has 0 fully saturated rings. The number of benzene rings is 3. The average molecular weight is 664 g/mol. The first kappa shape index (κ1) is 33.4. The molecule has 45 heavy (non-hydrogen) atoms. The Hall–Kier alpha value is -4.52. The molecule has 0 spiro atoms. The first-order chi connectivity index (χ1) is 21.0. The molecule has 4 rings (SSSR count). The van der Waals surface area contributed by atoms with Crippen LogP contribution in [0.1, 0.15) is 16.8 Å². The number of rotatable bonds is 9. The largest absolute Gasteiger partial charge is 0.573 e. The van der Waals surface area contributed by atoms with Gasteiger partial charge in [-0.2, -0.15) is 13.2 Å². The van der Waals surface area contributed by atoms with Crippen molar-refractivity contribution in [2.45, 2.75) is 24.0 Å². The number of halogens is 8. The minimum absolute atomic E-state index is 0.0481. The number of anilines is 1. The molecule has 0 bridgehead atoms. The van der Waals surface area contributed by atoms with Gasteiger partial charge in [0.1, 0.15) is 36.0 Å². The minimum atomic E-state index is -4.98. The van der Waals surface area contributed by atoms with Crippen molar-refractivity contribution in [2.24, 2.45) is 11.6 Å². The van der Waals surface area contributed by atoms with Gasteiger partial charge in [-0.25, -0.2) is 24.5 Å². The zero-order valence-electron chi connectivity index (χ0n) is 22.7. The third kappa shape index (κ3) is 7.42. The fraction of sp³-hybridized carbons (Fsp3) is 0.148. The van der Waals surface area contributed by atoms with Crippen molar-refractivity contribution in [1.29, 1.82) is 0 Å². The quantitative estimate of drug-likeness (QED) is 0.0849. The molecule has 0 aliphatic carbocycles. The summed E-state index contributed by atoms with van der Waals surface area (Å²) in [5.41, 5.74) is 3.02. The number of alkyl halides is 6. The van der Waals surface area contributed by atoms with Crippen molar-refractivity contribution in [3.05, 3.63) is 95.7 Å². The van der Waals surface area contributed by atoms with Gasteiger partial charge in [-0.15, -0.1) is 13.2 Å². The molecule has 3 aromatic carbocycles. The predicted octanol–water partition coefficient (Wildman–Crippen LogP) is 6.10. The Morgan fingerprint density at radius 2 is 1.67 bits per heavy atom. The molecule has 1 unspecified atom stereocenters. The van der Waals surface area contributed by atoms with E-state index < -0.39 is 58.7 Å². The molecule has 18 heteroatoms. The summed E-state index contributed by atoms with van der Waals surface area (Å²) in [6.45, 7) is -0.657. The van der Waals surface area contributed by atoms with Crippen LogP contribution >= 0.6 is 0 Å². The highest BCUT2D eigenvalue weighted by Gasteiger charge is 2.34. The fourth-order valence-corrected chi connectivity index (χ4v) is 5.09. The summed E-state index contributed by atoms with van der Waals surface area (Å²) in [4.78, 5) is 7.15. The van der Waals surface area contributed by atoms with Crippen molar-refractivity contribution in [1.82, 2.24) is 9.55 Å². The standard InChI is InChI=1S/C27H21F8N5O4S/c1-45(42)23-9-16(6-19(28)18(23)12-43-41)15-7-20(29)25(39-11-24(38-13-39)26(30,31)32)21(8-15)40(37)22(10-36)14-2-4-17(5-3-14)44-27(33,34)35/h2-11,13,41H,12,36-37H2,1H3/b22-10-. The molecule has 9 nitrogen and oxygen atoms in total. The molecule has 0 radical (unpaired) electrons. The van der Waals surface area contributed by atoms with Crippen LogP contribution in [0.25, 0.3) is 22.5 Å². The van der Waals surface area contributed by atoms with Crippen LogP contribution in [-0.4, -0.2) is 31.6 Å². The van der Waals surface area contributed by atoms with Gasteiger partial charge in [-0.05, 0) is 59.7 Å². The number of imidazole rings is 1. The lowest BCUT2D eigenvalue weighted by atomic mass is 10.0. The lowest BCUT2D eigenvalue weighted by Gasteiger charge is -2.26. The Kier molecular flexibility index (Phi) is 9.52. The molecule has 1 heterocycles. The van der Waals surface area contributed by atoms with Gasteiger partial charge in [-0.3, -0.25) is 14.5 Å². The number of aromatic nitrogens is 2. The second kappa shape index (κ2) is 12.8. The predicted molar refractivity (Wildman–Crippen MR) is 146 cm³/mol. The number of nitrogens with zero attached hydrogens (tertiary/aromatic N) is 3. The smallest absolute Gasteiger partial charge is 0.406 e. The van der Waals surface area contributed by atoms with E-state index in [0.29, 0.717) is 17.1 Å². The zero-order chi connectivity index (χ0) is 33.3. The molecule has 240 valence electrons. The number of nitrogens with two attached hydrogens (primary N) is 2. The SMILES string of the molecule is CS(=O)c1cc(-c2cc(F)c(-n3cnc(C(F)(F)F)c3)c(N(N)/C(=C\N)c3ccc(OC(F)(F)F)cc3)c2)cc(F)c1COO. The molecule has 0 saturated heterocycles. The van der Waals surface area contributed by atoms with Gasteiger partial charge >= 0.3 is 12.5 Å². The molecule has 1 atom stereocenters. The van der Waals surface area contributed by atoms with Crippen LogP contribution in [0, 0.1) is 11.6 Å². The Morgan fingerprint density at radius 3 is 2.20 bits per heavy atom. The summed E-state index contributed by atoms with van der Waals surface area (Å²) in [7, 11) is -1.82. The van der Waals surface area contributed by atoms with Gasteiger partial charge in [0.25, 0.3) is 0 Å². The summed E-state index contributed by atoms with van der Waals surface area (Å²) in [5.74, 6) is 3.59. The topological polar surface area (TPSA) is 129 Å². The first-order valence-corrected chi connectivity index (χ1v) is 13.8. The van der Waals surface area contributed by atoms with Crippen molar-refractivity contribution >= 4 is 22.2 Å². The molecular weight excluding hydrogens is 642 g/mol.